The number of nitrogens with one attached hydrogen (secondary N) is 1. The first kappa shape index (κ1) is 13.2. The fourth-order valence-corrected chi connectivity index (χ4v) is 5.73. The second kappa shape index (κ2) is 4.49. The molecule has 0 radical (unpaired) electrons. The molecule has 4 fully saturated rings. The van der Waals surface area contributed by atoms with Gasteiger partial charge in [0.1, 0.15) is 11.5 Å². The monoisotopic (exact) mass is 285 g/mol. The second-order valence-electron chi connectivity index (χ2n) is 7.45. The van der Waals surface area contributed by atoms with Crippen LogP contribution in [0.15, 0.2) is 12.1 Å². The van der Waals surface area contributed by atoms with Crippen LogP contribution in [-0.4, -0.2) is 18.4 Å². The largest absolute Gasteiger partial charge is 0.507 e. The van der Waals surface area contributed by atoms with E-state index >= 15 is 0 Å². The summed E-state index contributed by atoms with van der Waals surface area (Å²) in [4.78, 5) is 0. The minimum atomic E-state index is 0.148. The average Bonchev–Trinajstić information content (AvgIpc) is 2.45. The molecule has 0 amide bonds. The molecular formula is C18H23NO2. The summed E-state index contributed by atoms with van der Waals surface area (Å²) in [6.07, 6.45) is 9.27. The number of phenolic OH excluding ortho intramolecular Hbond substituents is 1. The van der Waals surface area contributed by atoms with Crippen molar-refractivity contribution in [1.82, 2.24) is 0 Å². The van der Waals surface area contributed by atoms with Crippen LogP contribution in [0, 0.1) is 23.2 Å². The van der Waals surface area contributed by atoms with Crippen LogP contribution < -0.4 is 4.74 Å². The molecule has 4 aliphatic rings. The molecule has 21 heavy (non-hydrogen) atoms. The van der Waals surface area contributed by atoms with E-state index in [-0.39, 0.29) is 11.2 Å². The zero-order chi connectivity index (χ0) is 14.6. The van der Waals surface area contributed by atoms with E-state index in [1.54, 1.807) is 13.2 Å². The summed E-state index contributed by atoms with van der Waals surface area (Å²) in [5.41, 5.74) is 2.08. The normalized spacial score (nSPS) is 36.7. The lowest BCUT2D eigenvalue weighted by molar-refractivity contribution is -0.00617. The van der Waals surface area contributed by atoms with Gasteiger partial charge in [-0.05, 0) is 67.8 Å². The molecule has 1 aromatic rings. The van der Waals surface area contributed by atoms with Gasteiger partial charge in [-0.3, -0.25) is 0 Å². The Kier molecular flexibility index (Phi) is 2.82. The van der Waals surface area contributed by atoms with Crippen LogP contribution in [0.4, 0.5) is 0 Å². The summed E-state index contributed by atoms with van der Waals surface area (Å²) in [7, 11) is 1.68. The quantitative estimate of drug-likeness (QED) is 0.828. The van der Waals surface area contributed by atoms with Gasteiger partial charge in [0.2, 0.25) is 0 Å². The third-order valence-electron chi connectivity index (χ3n) is 6.11. The molecule has 0 saturated heterocycles. The number of methoxy groups -OCH3 is 1. The fraction of sp³-hybridized carbons (Fsp3) is 0.611. The first-order valence-electron chi connectivity index (χ1n) is 8.05. The van der Waals surface area contributed by atoms with E-state index in [4.69, 9.17) is 10.1 Å². The van der Waals surface area contributed by atoms with E-state index in [9.17, 15) is 5.11 Å². The molecule has 0 aromatic heterocycles. The lowest BCUT2D eigenvalue weighted by Crippen LogP contribution is -2.48. The van der Waals surface area contributed by atoms with Gasteiger partial charge in [0.25, 0.3) is 0 Å². The highest BCUT2D eigenvalue weighted by atomic mass is 16.5. The maximum absolute atomic E-state index is 10.00. The summed E-state index contributed by atoms with van der Waals surface area (Å²) in [6, 6.07) is 3.71. The third kappa shape index (κ3) is 1.90. The van der Waals surface area contributed by atoms with Gasteiger partial charge in [0.15, 0.2) is 0 Å². The third-order valence-corrected chi connectivity index (χ3v) is 6.11. The number of ether oxygens (including phenoxy) is 1. The molecule has 0 atom stereocenters. The van der Waals surface area contributed by atoms with E-state index in [0.29, 0.717) is 5.56 Å². The van der Waals surface area contributed by atoms with Gasteiger partial charge in [-0.25, -0.2) is 0 Å². The van der Waals surface area contributed by atoms with Gasteiger partial charge in [0.05, 0.1) is 7.11 Å². The van der Waals surface area contributed by atoms with E-state index in [0.717, 1.165) is 23.5 Å². The number of phenols is 1. The molecule has 0 spiro atoms. The minimum absolute atomic E-state index is 0.148. The topological polar surface area (TPSA) is 53.3 Å². The molecule has 5 rings (SSSR count). The van der Waals surface area contributed by atoms with Gasteiger partial charge < -0.3 is 15.3 Å². The Morgan fingerprint density at radius 3 is 2.19 bits per heavy atom. The van der Waals surface area contributed by atoms with Crippen LogP contribution in [0.3, 0.4) is 0 Å². The molecule has 3 heteroatoms. The summed E-state index contributed by atoms with van der Waals surface area (Å²) in [5.74, 6) is 3.57. The maximum atomic E-state index is 10.00. The smallest absolute Gasteiger partial charge is 0.128 e. The van der Waals surface area contributed by atoms with E-state index < -0.39 is 0 Å². The van der Waals surface area contributed by atoms with Crippen LogP contribution >= 0.6 is 0 Å². The van der Waals surface area contributed by atoms with Crippen molar-refractivity contribution in [2.75, 3.05) is 7.11 Å². The Balaban J connectivity index is 1.84. The molecule has 112 valence electrons. The fourth-order valence-electron chi connectivity index (χ4n) is 5.73. The first-order valence-corrected chi connectivity index (χ1v) is 8.05. The highest BCUT2D eigenvalue weighted by Gasteiger charge is 2.52. The SMILES string of the molecule is COc1cc(O)c(C=N)cc1C12CC3CC(CC(C3)C1)C2. The summed E-state index contributed by atoms with van der Waals surface area (Å²) in [5, 5.41) is 17.5. The summed E-state index contributed by atoms with van der Waals surface area (Å²) < 4.78 is 5.58. The summed E-state index contributed by atoms with van der Waals surface area (Å²) in [6.45, 7) is 0. The zero-order valence-electron chi connectivity index (χ0n) is 12.6. The van der Waals surface area contributed by atoms with Crippen LogP contribution in [0.1, 0.15) is 49.7 Å². The number of hydrogen-bond donors (Lipinski definition) is 2. The molecule has 2 N–H and O–H groups in total. The number of aromatic hydroxyl groups is 1. The number of benzene rings is 1. The number of rotatable bonds is 3. The molecule has 4 aliphatic carbocycles. The summed E-state index contributed by atoms with van der Waals surface area (Å²) >= 11 is 0. The highest BCUT2D eigenvalue weighted by molar-refractivity contribution is 5.82. The Morgan fingerprint density at radius 2 is 1.71 bits per heavy atom. The lowest BCUT2D eigenvalue weighted by Gasteiger charge is -2.57. The van der Waals surface area contributed by atoms with Gasteiger partial charge >= 0.3 is 0 Å². The molecule has 3 nitrogen and oxygen atoms in total. The van der Waals surface area contributed by atoms with Crippen molar-refractivity contribution in [1.29, 1.82) is 5.41 Å². The molecular weight excluding hydrogens is 262 g/mol. The number of hydrogen-bond acceptors (Lipinski definition) is 3. The molecule has 0 heterocycles. The van der Waals surface area contributed by atoms with Crippen molar-refractivity contribution in [3.63, 3.8) is 0 Å². The Morgan fingerprint density at radius 1 is 1.14 bits per heavy atom. The van der Waals surface area contributed by atoms with Crippen molar-refractivity contribution >= 4 is 6.21 Å². The zero-order valence-corrected chi connectivity index (χ0v) is 12.6. The van der Waals surface area contributed by atoms with Crippen molar-refractivity contribution in [2.24, 2.45) is 17.8 Å². The Labute approximate surface area is 125 Å². The van der Waals surface area contributed by atoms with Crippen LogP contribution in [0.5, 0.6) is 11.5 Å². The van der Waals surface area contributed by atoms with E-state index in [1.807, 2.05) is 6.07 Å². The molecule has 0 unspecified atom stereocenters. The Hall–Kier alpha value is -1.51. The maximum Gasteiger partial charge on any atom is 0.128 e. The van der Waals surface area contributed by atoms with Crippen molar-refractivity contribution in [3.05, 3.63) is 23.3 Å². The Bertz CT molecular complexity index is 558. The lowest BCUT2D eigenvalue weighted by atomic mass is 9.48. The van der Waals surface area contributed by atoms with Crippen molar-refractivity contribution < 1.29 is 9.84 Å². The molecule has 1 aromatic carbocycles. The minimum Gasteiger partial charge on any atom is -0.507 e. The van der Waals surface area contributed by atoms with Gasteiger partial charge in [-0.2, -0.15) is 0 Å². The first-order chi connectivity index (χ1) is 10.1. The van der Waals surface area contributed by atoms with Crippen molar-refractivity contribution in [3.8, 4) is 11.5 Å². The molecule has 4 bridgehead atoms. The van der Waals surface area contributed by atoms with Gasteiger partial charge in [-0.1, -0.05) is 0 Å². The van der Waals surface area contributed by atoms with Gasteiger partial charge in [-0.15, -0.1) is 0 Å². The highest BCUT2D eigenvalue weighted by Crippen LogP contribution is 2.62. The van der Waals surface area contributed by atoms with Crippen LogP contribution in [0.2, 0.25) is 0 Å². The van der Waals surface area contributed by atoms with E-state index in [1.165, 1.54) is 50.3 Å². The molecule has 4 saturated carbocycles. The second-order valence-corrected chi connectivity index (χ2v) is 7.45. The van der Waals surface area contributed by atoms with Crippen molar-refractivity contribution in [2.45, 2.75) is 43.9 Å². The average molecular weight is 285 g/mol. The van der Waals surface area contributed by atoms with Crippen LogP contribution in [0.25, 0.3) is 0 Å². The van der Waals surface area contributed by atoms with Gasteiger partial charge in [0, 0.05) is 23.4 Å². The van der Waals surface area contributed by atoms with E-state index in [2.05, 4.69) is 0 Å². The standard InChI is InChI=1S/C18H23NO2/c1-21-17-6-16(20)14(10-19)5-15(17)18-7-11-2-12(8-18)4-13(3-11)9-18/h5-6,10-13,19-20H,2-4,7-9H2,1H3. The predicted octanol–water partition coefficient (Wildman–Crippen LogP) is 3.87. The molecule has 0 aliphatic heterocycles. The van der Waals surface area contributed by atoms with Crippen LogP contribution in [-0.2, 0) is 5.41 Å². The predicted molar refractivity (Wildman–Crippen MR) is 82.4 cm³/mol.